The zero-order valence-electron chi connectivity index (χ0n) is 11.5. The van der Waals surface area contributed by atoms with Crippen molar-refractivity contribution in [3.63, 3.8) is 0 Å². The maximum atomic E-state index is 5.85. The highest BCUT2D eigenvalue weighted by molar-refractivity contribution is 5.44. The highest BCUT2D eigenvalue weighted by atomic mass is 15.4. The molecule has 1 aromatic rings. The van der Waals surface area contributed by atoms with E-state index in [-0.39, 0.29) is 0 Å². The lowest BCUT2D eigenvalue weighted by atomic mass is 10.1. The van der Waals surface area contributed by atoms with E-state index in [1.807, 2.05) is 0 Å². The first kappa shape index (κ1) is 12.4. The first-order chi connectivity index (χ1) is 9.26. The van der Waals surface area contributed by atoms with Gasteiger partial charge < -0.3 is 15.5 Å². The van der Waals surface area contributed by atoms with Crippen molar-refractivity contribution < 1.29 is 0 Å². The van der Waals surface area contributed by atoms with Crippen LogP contribution in [0.1, 0.15) is 32.6 Å². The van der Waals surface area contributed by atoms with Gasteiger partial charge in [0.1, 0.15) is 0 Å². The summed E-state index contributed by atoms with van der Waals surface area (Å²) in [7, 11) is 0. The van der Waals surface area contributed by atoms with Crippen LogP contribution in [0.3, 0.4) is 0 Å². The average Bonchev–Trinajstić information content (AvgIpc) is 3.09. The summed E-state index contributed by atoms with van der Waals surface area (Å²) in [6.07, 6.45) is 4.86. The minimum absolute atomic E-state index is 0.340. The molecule has 0 saturated carbocycles. The van der Waals surface area contributed by atoms with E-state index in [1.165, 1.54) is 25.7 Å². The number of hydrogen-bond donors (Lipinski definition) is 1. The second-order valence-electron chi connectivity index (χ2n) is 5.50. The van der Waals surface area contributed by atoms with Gasteiger partial charge in [-0.15, -0.1) is 0 Å². The molecular formula is C13H22N6. The molecule has 3 heterocycles. The van der Waals surface area contributed by atoms with Crippen molar-refractivity contribution in [1.29, 1.82) is 0 Å². The minimum Gasteiger partial charge on any atom is -0.368 e. The summed E-state index contributed by atoms with van der Waals surface area (Å²) in [6, 6.07) is 0. The molecule has 1 atom stereocenters. The maximum absolute atomic E-state index is 5.85. The van der Waals surface area contributed by atoms with E-state index in [0.29, 0.717) is 5.95 Å². The molecule has 2 fully saturated rings. The van der Waals surface area contributed by atoms with Gasteiger partial charge in [-0.1, -0.05) is 13.3 Å². The van der Waals surface area contributed by atoms with E-state index in [2.05, 4.69) is 31.7 Å². The standard InChI is InChI=1S/C13H22N6/c1-2-10-5-8-19(9-10)13-16-11(14)15-12(17-13)18-6-3-4-7-18/h10H,2-9H2,1H3,(H2,14,15,16,17). The van der Waals surface area contributed by atoms with E-state index in [9.17, 15) is 0 Å². The van der Waals surface area contributed by atoms with Crippen molar-refractivity contribution in [3.05, 3.63) is 0 Å². The molecule has 2 aliphatic heterocycles. The van der Waals surface area contributed by atoms with E-state index >= 15 is 0 Å². The van der Waals surface area contributed by atoms with Crippen molar-refractivity contribution in [2.24, 2.45) is 5.92 Å². The molecular weight excluding hydrogens is 240 g/mol. The molecule has 3 rings (SSSR count). The quantitative estimate of drug-likeness (QED) is 0.885. The molecule has 0 aliphatic carbocycles. The van der Waals surface area contributed by atoms with Gasteiger partial charge in [0.15, 0.2) is 0 Å². The van der Waals surface area contributed by atoms with Gasteiger partial charge in [0.2, 0.25) is 17.8 Å². The lowest BCUT2D eigenvalue weighted by Crippen LogP contribution is -2.26. The van der Waals surface area contributed by atoms with Crippen molar-refractivity contribution >= 4 is 17.8 Å². The van der Waals surface area contributed by atoms with E-state index in [1.54, 1.807) is 0 Å². The van der Waals surface area contributed by atoms with Crippen LogP contribution in [0.5, 0.6) is 0 Å². The Balaban J connectivity index is 1.81. The van der Waals surface area contributed by atoms with Crippen LogP contribution in [-0.2, 0) is 0 Å². The smallest absolute Gasteiger partial charge is 0.231 e. The third-order valence-electron chi connectivity index (χ3n) is 4.16. The molecule has 0 radical (unpaired) electrons. The predicted molar refractivity (Wildman–Crippen MR) is 76.3 cm³/mol. The summed E-state index contributed by atoms with van der Waals surface area (Å²) < 4.78 is 0. The largest absolute Gasteiger partial charge is 0.368 e. The summed E-state index contributed by atoms with van der Waals surface area (Å²) >= 11 is 0. The fraction of sp³-hybridized carbons (Fsp3) is 0.769. The van der Waals surface area contributed by atoms with Gasteiger partial charge in [-0.05, 0) is 25.2 Å². The summed E-state index contributed by atoms with van der Waals surface area (Å²) in [5.41, 5.74) is 5.85. The summed E-state index contributed by atoms with van der Waals surface area (Å²) in [5, 5.41) is 0. The van der Waals surface area contributed by atoms with Crippen LogP contribution in [0.15, 0.2) is 0 Å². The van der Waals surface area contributed by atoms with E-state index < -0.39 is 0 Å². The number of aromatic nitrogens is 3. The molecule has 6 heteroatoms. The molecule has 0 bridgehead atoms. The lowest BCUT2D eigenvalue weighted by Gasteiger charge is -2.20. The molecule has 0 aromatic carbocycles. The first-order valence-electron chi connectivity index (χ1n) is 7.27. The molecule has 2 saturated heterocycles. The third kappa shape index (κ3) is 2.57. The van der Waals surface area contributed by atoms with Crippen LogP contribution in [-0.4, -0.2) is 41.1 Å². The van der Waals surface area contributed by atoms with Crippen molar-refractivity contribution in [1.82, 2.24) is 15.0 Å². The van der Waals surface area contributed by atoms with Crippen LogP contribution in [0.2, 0.25) is 0 Å². The van der Waals surface area contributed by atoms with Gasteiger partial charge in [0.25, 0.3) is 0 Å². The van der Waals surface area contributed by atoms with Crippen LogP contribution < -0.4 is 15.5 Å². The summed E-state index contributed by atoms with van der Waals surface area (Å²) in [4.78, 5) is 17.7. The molecule has 6 nitrogen and oxygen atoms in total. The minimum atomic E-state index is 0.340. The van der Waals surface area contributed by atoms with Gasteiger partial charge in [0, 0.05) is 26.2 Å². The molecule has 104 valence electrons. The maximum Gasteiger partial charge on any atom is 0.231 e. The Morgan fingerprint density at radius 2 is 1.74 bits per heavy atom. The molecule has 0 spiro atoms. The van der Waals surface area contributed by atoms with Crippen LogP contribution in [0.4, 0.5) is 17.8 Å². The highest BCUT2D eigenvalue weighted by Crippen LogP contribution is 2.25. The molecule has 1 aromatic heterocycles. The van der Waals surface area contributed by atoms with Crippen LogP contribution in [0, 0.1) is 5.92 Å². The first-order valence-corrected chi connectivity index (χ1v) is 7.27. The summed E-state index contributed by atoms with van der Waals surface area (Å²) in [6.45, 7) is 6.37. The van der Waals surface area contributed by atoms with Crippen LogP contribution >= 0.6 is 0 Å². The Bertz CT molecular complexity index is 443. The van der Waals surface area contributed by atoms with E-state index in [0.717, 1.165) is 44.0 Å². The SMILES string of the molecule is CCC1CCN(c2nc(N)nc(N3CCCC3)n2)C1. The molecule has 19 heavy (non-hydrogen) atoms. The lowest BCUT2D eigenvalue weighted by molar-refractivity contribution is 0.568. The second-order valence-corrected chi connectivity index (χ2v) is 5.50. The summed E-state index contributed by atoms with van der Waals surface area (Å²) in [5.74, 6) is 2.60. The number of nitrogens with zero attached hydrogens (tertiary/aromatic N) is 5. The number of nitrogens with two attached hydrogens (primary N) is 1. The Kier molecular flexibility index (Phi) is 3.40. The number of rotatable bonds is 3. The Hall–Kier alpha value is -1.59. The topological polar surface area (TPSA) is 71.2 Å². The fourth-order valence-electron chi connectivity index (χ4n) is 2.92. The van der Waals surface area contributed by atoms with Gasteiger partial charge in [0.05, 0.1) is 0 Å². The van der Waals surface area contributed by atoms with Gasteiger partial charge in [-0.25, -0.2) is 0 Å². The Morgan fingerprint density at radius 1 is 1.05 bits per heavy atom. The molecule has 0 amide bonds. The molecule has 2 N–H and O–H groups in total. The number of hydrogen-bond acceptors (Lipinski definition) is 6. The van der Waals surface area contributed by atoms with Crippen LogP contribution in [0.25, 0.3) is 0 Å². The average molecular weight is 262 g/mol. The normalized spacial score (nSPS) is 23.3. The molecule has 1 unspecified atom stereocenters. The Morgan fingerprint density at radius 3 is 2.37 bits per heavy atom. The van der Waals surface area contributed by atoms with Gasteiger partial charge in [-0.3, -0.25) is 0 Å². The van der Waals surface area contributed by atoms with Crippen molar-refractivity contribution in [2.45, 2.75) is 32.6 Å². The van der Waals surface area contributed by atoms with Crippen molar-refractivity contribution in [3.8, 4) is 0 Å². The predicted octanol–water partition coefficient (Wildman–Crippen LogP) is 1.29. The fourth-order valence-corrected chi connectivity index (χ4v) is 2.92. The third-order valence-corrected chi connectivity index (χ3v) is 4.16. The van der Waals surface area contributed by atoms with E-state index in [4.69, 9.17) is 5.73 Å². The second kappa shape index (κ2) is 5.19. The Labute approximate surface area is 114 Å². The molecule has 2 aliphatic rings. The monoisotopic (exact) mass is 262 g/mol. The highest BCUT2D eigenvalue weighted by Gasteiger charge is 2.25. The number of nitrogen functional groups attached to an aromatic ring is 1. The van der Waals surface area contributed by atoms with Gasteiger partial charge >= 0.3 is 0 Å². The zero-order valence-corrected chi connectivity index (χ0v) is 11.5. The zero-order chi connectivity index (χ0) is 13.2. The van der Waals surface area contributed by atoms with Crippen molar-refractivity contribution in [2.75, 3.05) is 41.7 Å². The van der Waals surface area contributed by atoms with Gasteiger partial charge in [-0.2, -0.15) is 15.0 Å². The number of anilines is 3.